The van der Waals surface area contributed by atoms with E-state index in [1.807, 2.05) is 17.0 Å². The number of methoxy groups -OCH3 is 1. The van der Waals surface area contributed by atoms with Gasteiger partial charge in [0.15, 0.2) is 0 Å². The van der Waals surface area contributed by atoms with Crippen LogP contribution in [0.15, 0.2) is 79.0 Å². The highest BCUT2D eigenvalue weighted by Crippen LogP contribution is 2.28. The number of urea groups is 1. The minimum Gasteiger partial charge on any atom is -0.465 e. The number of morpholine rings is 1. The fourth-order valence-electron chi connectivity index (χ4n) is 4.48. The summed E-state index contributed by atoms with van der Waals surface area (Å²) in [6.07, 6.45) is 2.18. The van der Waals surface area contributed by atoms with Crippen molar-refractivity contribution in [2.24, 2.45) is 0 Å². The van der Waals surface area contributed by atoms with E-state index in [4.69, 9.17) is 9.47 Å². The Bertz CT molecular complexity index is 1080. The van der Waals surface area contributed by atoms with Gasteiger partial charge in [0.1, 0.15) is 5.82 Å². The average Bonchev–Trinajstić information content (AvgIpc) is 2.96. The van der Waals surface area contributed by atoms with Gasteiger partial charge in [-0.2, -0.15) is 0 Å². The molecule has 37 heavy (non-hydrogen) atoms. The number of aromatic nitrogens is 1. The smallest absolute Gasteiger partial charge is 0.339 e. The fraction of sp³-hybridized carbons (Fsp3) is 0.345. The van der Waals surface area contributed by atoms with E-state index in [0.717, 1.165) is 26.1 Å². The Hall–Kier alpha value is -3.75. The second-order valence-electron chi connectivity index (χ2n) is 8.96. The minimum absolute atomic E-state index is 0.165. The third-order valence-corrected chi connectivity index (χ3v) is 6.59. The zero-order chi connectivity index (χ0) is 25.9. The molecule has 0 saturated carbocycles. The van der Waals surface area contributed by atoms with Gasteiger partial charge < -0.3 is 14.4 Å². The number of anilines is 1. The molecule has 1 aliphatic heterocycles. The molecule has 2 amide bonds. The van der Waals surface area contributed by atoms with Gasteiger partial charge in [0.25, 0.3) is 0 Å². The quantitative estimate of drug-likeness (QED) is 0.417. The van der Waals surface area contributed by atoms with Crippen LogP contribution in [0.3, 0.4) is 0 Å². The Kier molecular flexibility index (Phi) is 9.62. The number of ether oxygens (including phenoxy) is 2. The number of hydrogen-bond donors (Lipinski definition) is 1. The lowest BCUT2D eigenvalue weighted by atomic mass is 9.88. The van der Waals surface area contributed by atoms with Gasteiger partial charge in [-0.05, 0) is 29.7 Å². The number of amides is 2. The summed E-state index contributed by atoms with van der Waals surface area (Å²) < 4.78 is 10.2. The number of carbonyl (C=O) groups is 2. The summed E-state index contributed by atoms with van der Waals surface area (Å²) in [4.78, 5) is 33.5. The van der Waals surface area contributed by atoms with Crippen LogP contribution in [0, 0.1) is 0 Å². The number of esters is 1. The van der Waals surface area contributed by atoms with Crippen molar-refractivity contribution >= 4 is 17.8 Å². The summed E-state index contributed by atoms with van der Waals surface area (Å²) in [7, 11) is 1.32. The van der Waals surface area contributed by atoms with Crippen molar-refractivity contribution in [3.8, 4) is 0 Å². The van der Waals surface area contributed by atoms with Crippen LogP contribution in [-0.4, -0.2) is 79.8 Å². The molecule has 0 aliphatic carbocycles. The monoisotopic (exact) mass is 502 g/mol. The van der Waals surface area contributed by atoms with Crippen LogP contribution in [0.1, 0.15) is 33.8 Å². The van der Waals surface area contributed by atoms with Gasteiger partial charge in [-0.15, -0.1) is 0 Å². The molecule has 0 bridgehead atoms. The van der Waals surface area contributed by atoms with E-state index >= 15 is 0 Å². The molecule has 0 unspecified atom stereocenters. The Morgan fingerprint density at radius 3 is 2.19 bits per heavy atom. The van der Waals surface area contributed by atoms with Crippen LogP contribution in [0.2, 0.25) is 0 Å². The van der Waals surface area contributed by atoms with Crippen molar-refractivity contribution in [1.82, 2.24) is 14.8 Å². The molecule has 1 saturated heterocycles. The van der Waals surface area contributed by atoms with Gasteiger partial charge in [-0.1, -0.05) is 60.7 Å². The second kappa shape index (κ2) is 13.5. The number of nitrogens with one attached hydrogen (secondary N) is 1. The summed E-state index contributed by atoms with van der Waals surface area (Å²) in [5.74, 6) is 0.0839. The maximum absolute atomic E-state index is 13.4. The molecule has 1 N–H and O–H groups in total. The molecule has 8 nitrogen and oxygen atoms in total. The van der Waals surface area contributed by atoms with Gasteiger partial charge in [0.2, 0.25) is 0 Å². The van der Waals surface area contributed by atoms with Crippen LogP contribution in [0.25, 0.3) is 0 Å². The fourth-order valence-corrected chi connectivity index (χ4v) is 4.48. The van der Waals surface area contributed by atoms with Crippen molar-refractivity contribution in [1.29, 1.82) is 0 Å². The van der Waals surface area contributed by atoms with Gasteiger partial charge in [-0.25, -0.2) is 14.6 Å². The number of carbonyl (C=O) groups excluding carboxylic acids is 2. The maximum atomic E-state index is 13.4. The molecule has 3 aromatic rings. The second-order valence-corrected chi connectivity index (χ2v) is 8.96. The van der Waals surface area contributed by atoms with Gasteiger partial charge in [-0.3, -0.25) is 10.2 Å². The highest BCUT2D eigenvalue weighted by molar-refractivity contribution is 5.91. The number of pyridine rings is 1. The van der Waals surface area contributed by atoms with Gasteiger partial charge in [0.05, 0.1) is 25.9 Å². The minimum atomic E-state index is -0.467. The summed E-state index contributed by atoms with van der Waals surface area (Å²) in [6.45, 7) is 5.09. The third-order valence-electron chi connectivity index (χ3n) is 6.59. The molecule has 1 aromatic heterocycles. The molecule has 8 heteroatoms. The van der Waals surface area contributed by atoms with Crippen molar-refractivity contribution in [2.75, 3.05) is 58.4 Å². The van der Waals surface area contributed by atoms with Crippen molar-refractivity contribution in [2.45, 2.75) is 12.3 Å². The Morgan fingerprint density at radius 2 is 1.62 bits per heavy atom. The molecular formula is C29H34N4O4. The van der Waals surface area contributed by atoms with Gasteiger partial charge in [0, 0.05) is 44.8 Å². The molecular weight excluding hydrogens is 468 g/mol. The third kappa shape index (κ3) is 7.62. The van der Waals surface area contributed by atoms with Crippen molar-refractivity contribution < 1.29 is 19.1 Å². The molecule has 2 heterocycles. The number of hydrogen-bond acceptors (Lipinski definition) is 6. The molecule has 0 spiro atoms. The predicted octanol–water partition coefficient (Wildman–Crippen LogP) is 4.26. The van der Waals surface area contributed by atoms with E-state index < -0.39 is 5.97 Å². The lowest BCUT2D eigenvalue weighted by Crippen LogP contribution is -2.44. The molecule has 194 valence electrons. The summed E-state index contributed by atoms with van der Waals surface area (Å²) in [5.41, 5.74) is 2.78. The Morgan fingerprint density at radius 1 is 0.973 bits per heavy atom. The predicted molar refractivity (Wildman–Crippen MR) is 143 cm³/mol. The van der Waals surface area contributed by atoms with Crippen molar-refractivity contribution in [3.05, 3.63) is 95.7 Å². The Balaban J connectivity index is 1.48. The molecule has 0 radical (unpaired) electrons. The average molecular weight is 503 g/mol. The molecule has 1 fully saturated rings. The first kappa shape index (κ1) is 26.3. The summed E-state index contributed by atoms with van der Waals surface area (Å²) >= 11 is 0. The summed E-state index contributed by atoms with van der Waals surface area (Å²) in [5, 5.41) is 2.90. The topological polar surface area (TPSA) is 84.0 Å². The van der Waals surface area contributed by atoms with E-state index in [-0.39, 0.29) is 11.9 Å². The first-order valence-corrected chi connectivity index (χ1v) is 12.6. The highest BCUT2D eigenvalue weighted by Gasteiger charge is 2.21. The number of nitrogens with zero attached hydrogens (tertiary/aromatic N) is 3. The lowest BCUT2D eigenvalue weighted by Gasteiger charge is -2.31. The number of rotatable bonds is 10. The lowest BCUT2D eigenvalue weighted by molar-refractivity contribution is 0.0351. The van der Waals surface area contributed by atoms with E-state index in [2.05, 4.69) is 63.7 Å². The molecule has 0 atom stereocenters. The number of benzene rings is 2. The Labute approximate surface area is 218 Å². The first-order valence-electron chi connectivity index (χ1n) is 12.6. The van der Waals surface area contributed by atoms with Crippen molar-refractivity contribution in [3.63, 3.8) is 0 Å². The van der Waals surface area contributed by atoms with Crippen LogP contribution >= 0.6 is 0 Å². The summed E-state index contributed by atoms with van der Waals surface area (Å²) in [6, 6.07) is 23.8. The van der Waals surface area contributed by atoms with Crippen LogP contribution in [0.4, 0.5) is 10.6 Å². The SMILES string of the molecule is COC(=O)c1ccc(NC(=O)N(CCC(c2ccccc2)c2ccccc2)CCN2CCOCC2)nc1. The standard InChI is InChI=1S/C29H34N4O4/c1-36-28(34)25-12-13-27(30-22-25)31-29(35)33(17-16-32-18-20-37-21-19-32)15-14-26(23-8-4-2-5-9-23)24-10-6-3-7-11-24/h2-13,22,26H,14-21H2,1H3,(H,30,31,35). The van der Waals surface area contributed by atoms with Crippen LogP contribution < -0.4 is 5.32 Å². The highest BCUT2D eigenvalue weighted by atomic mass is 16.5. The largest absolute Gasteiger partial charge is 0.465 e. The zero-order valence-corrected chi connectivity index (χ0v) is 21.2. The molecule has 4 rings (SSSR count). The van der Waals surface area contributed by atoms with Crippen LogP contribution in [-0.2, 0) is 9.47 Å². The van der Waals surface area contributed by atoms with Gasteiger partial charge >= 0.3 is 12.0 Å². The molecule has 2 aromatic carbocycles. The van der Waals surface area contributed by atoms with E-state index in [1.165, 1.54) is 24.4 Å². The normalized spacial score (nSPS) is 13.8. The molecule has 1 aliphatic rings. The first-order chi connectivity index (χ1) is 18.1. The van der Waals surface area contributed by atoms with Crippen LogP contribution in [0.5, 0.6) is 0 Å². The zero-order valence-electron chi connectivity index (χ0n) is 21.2. The van der Waals surface area contributed by atoms with E-state index in [9.17, 15) is 9.59 Å². The van der Waals surface area contributed by atoms with E-state index in [1.54, 1.807) is 12.1 Å². The van der Waals surface area contributed by atoms with E-state index in [0.29, 0.717) is 37.7 Å². The maximum Gasteiger partial charge on any atom is 0.339 e.